The second-order valence-corrected chi connectivity index (χ2v) is 3.60. The molecule has 0 aliphatic carbocycles. The molecule has 0 bridgehead atoms. The second-order valence-electron chi connectivity index (χ2n) is 3.60. The minimum atomic E-state index is 0.296. The summed E-state index contributed by atoms with van der Waals surface area (Å²) in [6.45, 7) is 4.82. The number of nitrogens with two attached hydrogens (primary N) is 1. The highest BCUT2D eigenvalue weighted by atomic mass is 16.3. The van der Waals surface area contributed by atoms with Crippen molar-refractivity contribution in [3.05, 3.63) is 35.9 Å². The smallest absolute Gasteiger partial charge is 0.115 e. The molecule has 2 heteroatoms. The molecule has 0 aromatic heterocycles. The van der Waals surface area contributed by atoms with Gasteiger partial charge in [-0.05, 0) is 29.2 Å². The fourth-order valence-electron chi connectivity index (χ4n) is 1.47. The van der Waals surface area contributed by atoms with Gasteiger partial charge in [0, 0.05) is 6.54 Å². The second kappa shape index (κ2) is 4.82. The summed E-state index contributed by atoms with van der Waals surface area (Å²) in [6.07, 6.45) is 2.02. The highest BCUT2D eigenvalue weighted by Crippen LogP contribution is 2.24. The van der Waals surface area contributed by atoms with E-state index in [0.717, 1.165) is 5.56 Å². The van der Waals surface area contributed by atoms with Crippen LogP contribution in [0, 0.1) is 5.92 Å². The van der Waals surface area contributed by atoms with E-state index in [-0.39, 0.29) is 0 Å². The molecular weight excluding hydrogens is 174 g/mol. The summed E-state index contributed by atoms with van der Waals surface area (Å²) < 4.78 is 0. The van der Waals surface area contributed by atoms with E-state index in [9.17, 15) is 0 Å². The Morgan fingerprint density at radius 3 is 2.36 bits per heavy atom. The molecule has 0 unspecified atom stereocenters. The Balaban J connectivity index is 3.00. The molecule has 1 aromatic rings. The Morgan fingerprint density at radius 2 is 1.93 bits per heavy atom. The van der Waals surface area contributed by atoms with Crippen LogP contribution in [0.4, 0.5) is 0 Å². The van der Waals surface area contributed by atoms with Crippen LogP contribution in [-0.2, 0) is 0 Å². The molecule has 0 fully saturated rings. The molecule has 0 aliphatic heterocycles. The van der Waals surface area contributed by atoms with Crippen molar-refractivity contribution in [1.29, 1.82) is 0 Å². The van der Waals surface area contributed by atoms with Crippen LogP contribution >= 0.6 is 0 Å². The van der Waals surface area contributed by atoms with E-state index in [1.54, 1.807) is 12.1 Å². The van der Waals surface area contributed by atoms with Crippen LogP contribution in [0.1, 0.15) is 19.4 Å². The molecule has 3 N–H and O–H groups in total. The number of phenols is 1. The highest BCUT2D eigenvalue weighted by molar-refractivity contribution is 5.67. The zero-order valence-electron chi connectivity index (χ0n) is 8.70. The van der Waals surface area contributed by atoms with Crippen molar-refractivity contribution in [3.63, 3.8) is 0 Å². The van der Waals surface area contributed by atoms with Gasteiger partial charge in [0.2, 0.25) is 0 Å². The molecule has 0 radical (unpaired) electrons. The van der Waals surface area contributed by atoms with Crippen LogP contribution in [0.25, 0.3) is 5.57 Å². The Bertz CT molecular complexity index is 312. The largest absolute Gasteiger partial charge is 0.508 e. The molecule has 14 heavy (non-hydrogen) atoms. The van der Waals surface area contributed by atoms with Crippen molar-refractivity contribution in [2.75, 3.05) is 6.54 Å². The summed E-state index contributed by atoms with van der Waals surface area (Å²) in [7, 11) is 0. The first-order valence-electron chi connectivity index (χ1n) is 4.84. The maximum atomic E-state index is 9.16. The summed E-state index contributed by atoms with van der Waals surface area (Å²) in [4.78, 5) is 0. The third-order valence-corrected chi connectivity index (χ3v) is 2.16. The maximum absolute atomic E-state index is 9.16. The van der Waals surface area contributed by atoms with Gasteiger partial charge in [0.1, 0.15) is 5.75 Å². The standard InChI is InChI=1S/C12H17NO/c1-9(2)12(7-8-13)10-3-5-11(14)6-4-10/h3-7,9,14H,8,13H2,1-2H3/b12-7-. The Morgan fingerprint density at radius 1 is 1.36 bits per heavy atom. The molecule has 0 amide bonds. The number of hydrogen-bond acceptors (Lipinski definition) is 2. The van der Waals surface area contributed by atoms with Crippen LogP contribution in [0.5, 0.6) is 5.75 Å². The van der Waals surface area contributed by atoms with Crippen LogP contribution in [0.3, 0.4) is 0 Å². The van der Waals surface area contributed by atoms with Crippen LogP contribution in [-0.4, -0.2) is 11.7 Å². The predicted octanol–water partition coefficient (Wildman–Crippen LogP) is 2.39. The van der Waals surface area contributed by atoms with E-state index in [0.29, 0.717) is 18.2 Å². The first-order chi connectivity index (χ1) is 6.65. The topological polar surface area (TPSA) is 46.2 Å². The van der Waals surface area contributed by atoms with Crippen molar-refractivity contribution in [1.82, 2.24) is 0 Å². The van der Waals surface area contributed by atoms with Crippen molar-refractivity contribution >= 4 is 5.57 Å². The molecule has 2 nitrogen and oxygen atoms in total. The van der Waals surface area contributed by atoms with E-state index in [1.807, 2.05) is 18.2 Å². The molecule has 0 spiro atoms. The fraction of sp³-hybridized carbons (Fsp3) is 0.333. The van der Waals surface area contributed by atoms with Gasteiger partial charge in [-0.15, -0.1) is 0 Å². The number of phenolic OH excluding ortho intramolecular Hbond substituents is 1. The van der Waals surface area contributed by atoms with Gasteiger partial charge in [-0.2, -0.15) is 0 Å². The van der Waals surface area contributed by atoms with Gasteiger partial charge in [0.05, 0.1) is 0 Å². The van der Waals surface area contributed by atoms with Gasteiger partial charge < -0.3 is 10.8 Å². The monoisotopic (exact) mass is 191 g/mol. The number of rotatable bonds is 3. The highest BCUT2D eigenvalue weighted by Gasteiger charge is 2.05. The predicted molar refractivity (Wildman–Crippen MR) is 60.0 cm³/mol. The van der Waals surface area contributed by atoms with E-state index >= 15 is 0 Å². The molecule has 0 saturated carbocycles. The molecule has 0 saturated heterocycles. The van der Waals surface area contributed by atoms with Crippen LogP contribution in [0.15, 0.2) is 30.3 Å². The van der Waals surface area contributed by atoms with Gasteiger partial charge in [-0.1, -0.05) is 32.1 Å². The minimum Gasteiger partial charge on any atom is -0.508 e. The lowest BCUT2D eigenvalue weighted by molar-refractivity contribution is 0.475. The van der Waals surface area contributed by atoms with Gasteiger partial charge >= 0.3 is 0 Å². The van der Waals surface area contributed by atoms with E-state index in [1.165, 1.54) is 5.57 Å². The first kappa shape index (κ1) is 10.8. The SMILES string of the molecule is CC(C)/C(=C/CN)c1ccc(O)cc1. The quantitative estimate of drug-likeness (QED) is 0.770. The van der Waals surface area contributed by atoms with Crippen LogP contribution in [0.2, 0.25) is 0 Å². The normalized spacial score (nSPS) is 12.1. The number of aromatic hydroxyl groups is 1. The lowest BCUT2D eigenvalue weighted by Gasteiger charge is -2.11. The Hall–Kier alpha value is -1.28. The third kappa shape index (κ3) is 2.60. The minimum absolute atomic E-state index is 0.296. The number of hydrogen-bond donors (Lipinski definition) is 2. The summed E-state index contributed by atoms with van der Waals surface area (Å²) in [6, 6.07) is 7.22. The fourth-order valence-corrected chi connectivity index (χ4v) is 1.47. The molecule has 1 aromatic carbocycles. The molecule has 1 rings (SSSR count). The maximum Gasteiger partial charge on any atom is 0.115 e. The average molecular weight is 191 g/mol. The molecule has 0 atom stereocenters. The average Bonchev–Trinajstić information content (AvgIpc) is 2.15. The van der Waals surface area contributed by atoms with Crippen molar-refractivity contribution in [2.45, 2.75) is 13.8 Å². The number of benzene rings is 1. The Kier molecular flexibility index (Phi) is 3.72. The molecular formula is C12H17NO. The Labute approximate surface area is 85.1 Å². The van der Waals surface area contributed by atoms with Crippen LogP contribution < -0.4 is 5.73 Å². The first-order valence-corrected chi connectivity index (χ1v) is 4.84. The summed E-state index contributed by atoms with van der Waals surface area (Å²) in [5.74, 6) is 0.743. The lowest BCUT2D eigenvalue weighted by atomic mass is 9.95. The van der Waals surface area contributed by atoms with E-state index < -0.39 is 0 Å². The summed E-state index contributed by atoms with van der Waals surface area (Å²) in [5.41, 5.74) is 7.87. The molecule has 0 aliphatic rings. The number of allylic oxidation sites excluding steroid dienone is 1. The van der Waals surface area contributed by atoms with Gasteiger partial charge in [-0.3, -0.25) is 0 Å². The van der Waals surface area contributed by atoms with Crippen molar-refractivity contribution < 1.29 is 5.11 Å². The third-order valence-electron chi connectivity index (χ3n) is 2.16. The zero-order valence-corrected chi connectivity index (χ0v) is 8.70. The van der Waals surface area contributed by atoms with Crippen molar-refractivity contribution in [3.8, 4) is 5.75 Å². The zero-order chi connectivity index (χ0) is 10.6. The molecule has 76 valence electrons. The molecule has 0 heterocycles. The lowest BCUT2D eigenvalue weighted by Crippen LogP contribution is -2.00. The van der Waals surface area contributed by atoms with Gasteiger partial charge in [-0.25, -0.2) is 0 Å². The summed E-state index contributed by atoms with van der Waals surface area (Å²) >= 11 is 0. The van der Waals surface area contributed by atoms with Crippen molar-refractivity contribution in [2.24, 2.45) is 11.7 Å². The van der Waals surface area contributed by atoms with E-state index in [2.05, 4.69) is 13.8 Å². The summed E-state index contributed by atoms with van der Waals surface area (Å²) in [5, 5.41) is 9.16. The van der Waals surface area contributed by atoms with E-state index in [4.69, 9.17) is 10.8 Å². The van der Waals surface area contributed by atoms with Gasteiger partial charge in [0.15, 0.2) is 0 Å². The van der Waals surface area contributed by atoms with Gasteiger partial charge in [0.25, 0.3) is 0 Å².